The molecule has 0 saturated heterocycles. The van der Waals surface area contributed by atoms with Crippen LogP contribution < -0.4 is 5.73 Å². The van der Waals surface area contributed by atoms with Crippen molar-refractivity contribution in [2.24, 2.45) is 0 Å². The Hall–Kier alpha value is -1.49. The van der Waals surface area contributed by atoms with Gasteiger partial charge in [-0.15, -0.1) is 5.92 Å². The Bertz CT molecular complexity index is 356. The van der Waals surface area contributed by atoms with E-state index in [1.165, 1.54) is 0 Å². The second-order valence-electron chi connectivity index (χ2n) is 3.22. The van der Waals surface area contributed by atoms with Crippen LogP contribution in [0.1, 0.15) is 37.8 Å². The molecular formula is C11H14N2. The van der Waals surface area contributed by atoms with Crippen molar-refractivity contribution in [1.29, 1.82) is 0 Å². The molecule has 0 bridgehead atoms. The zero-order valence-electron chi connectivity index (χ0n) is 8.26. The number of aromatic nitrogens is 1. The zero-order valence-corrected chi connectivity index (χ0v) is 8.26. The third-order valence-electron chi connectivity index (χ3n) is 1.90. The Kier molecular flexibility index (Phi) is 2.92. The molecule has 0 amide bonds. The molecule has 2 N–H and O–H groups in total. The van der Waals surface area contributed by atoms with Crippen LogP contribution in [0.15, 0.2) is 12.4 Å². The molecular weight excluding hydrogens is 160 g/mol. The molecule has 0 aliphatic carbocycles. The standard InChI is InChI=1S/C11H14N2/c1-4-5-9-6-13-7-10(8(2)3)11(9)12/h6-8H,1-3H3,(H2,12,13). The van der Waals surface area contributed by atoms with Gasteiger partial charge < -0.3 is 5.73 Å². The number of anilines is 1. The Balaban J connectivity index is 3.23. The third kappa shape index (κ3) is 2.00. The van der Waals surface area contributed by atoms with Crippen molar-refractivity contribution in [2.45, 2.75) is 26.7 Å². The highest BCUT2D eigenvalue weighted by Crippen LogP contribution is 2.22. The molecule has 1 rings (SSSR count). The Labute approximate surface area is 79.2 Å². The molecule has 0 fully saturated rings. The summed E-state index contributed by atoms with van der Waals surface area (Å²) in [5.74, 6) is 6.15. The van der Waals surface area contributed by atoms with Gasteiger partial charge >= 0.3 is 0 Å². The Morgan fingerprint density at radius 2 is 2.08 bits per heavy atom. The molecule has 68 valence electrons. The number of rotatable bonds is 1. The van der Waals surface area contributed by atoms with Crippen LogP contribution in [-0.2, 0) is 0 Å². The summed E-state index contributed by atoms with van der Waals surface area (Å²) in [6.07, 6.45) is 3.51. The van der Waals surface area contributed by atoms with Crippen molar-refractivity contribution in [2.75, 3.05) is 5.73 Å². The van der Waals surface area contributed by atoms with E-state index >= 15 is 0 Å². The molecule has 1 aromatic rings. The summed E-state index contributed by atoms with van der Waals surface area (Å²) in [5, 5.41) is 0. The second kappa shape index (κ2) is 3.95. The Morgan fingerprint density at radius 3 is 2.62 bits per heavy atom. The van der Waals surface area contributed by atoms with Gasteiger partial charge in [-0.3, -0.25) is 4.98 Å². The van der Waals surface area contributed by atoms with Crippen molar-refractivity contribution in [3.8, 4) is 11.8 Å². The molecule has 1 aromatic heterocycles. The lowest BCUT2D eigenvalue weighted by molar-refractivity contribution is 0.861. The SMILES string of the molecule is CC#Cc1cncc(C(C)C)c1N. The van der Waals surface area contributed by atoms with Crippen LogP contribution in [0.2, 0.25) is 0 Å². The van der Waals surface area contributed by atoms with Gasteiger partial charge in [0.25, 0.3) is 0 Å². The van der Waals surface area contributed by atoms with Gasteiger partial charge in [-0.1, -0.05) is 19.8 Å². The molecule has 0 aromatic carbocycles. The highest BCUT2D eigenvalue weighted by Gasteiger charge is 2.06. The molecule has 1 heterocycles. The van der Waals surface area contributed by atoms with E-state index in [0.717, 1.165) is 16.8 Å². The fraction of sp³-hybridized carbons (Fsp3) is 0.364. The van der Waals surface area contributed by atoms with E-state index in [0.29, 0.717) is 5.92 Å². The molecule has 0 aliphatic heterocycles. The van der Waals surface area contributed by atoms with Gasteiger partial charge in [0.1, 0.15) is 0 Å². The predicted octanol–water partition coefficient (Wildman–Crippen LogP) is 2.16. The highest BCUT2D eigenvalue weighted by atomic mass is 14.7. The van der Waals surface area contributed by atoms with Crippen LogP contribution in [0.5, 0.6) is 0 Å². The molecule has 0 atom stereocenters. The van der Waals surface area contributed by atoms with Crippen LogP contribution in [-0.4, -0.2) is 4.98 Å². The van der Waals surface area contributed by atoms with E-state index in [1.54, 1.807) is 19.3 Å². The van der Waals surface area contributed by atoms with E-state index in [-0.39, 0.29) is 0 Å². The molecule has 2 nitrogen and oxygen atoms in total. The first-order valence-corrected chi connectivity index (χ1v) is 4.33. The van der Waals surface area contributed by atoms with Gasteiger partial charge in [-0.2, -0.15) is 0 Å². The fourth-order valence-corrected chi connectivity index (χ4v) is 1.18. The van der Waals surface area contributed by atoms with E-state index in [1.807, 2.05) is 0 Å². The first kappa shape index (κ1) is 9.60. The maximum Gasteiger partial charge on any atom is 0.0660 e. The van der Waals surface area contributed by atoms with Crippen molar-refractivity contribution in [1.82, 2.24) is 4.98 Å². The largest absolute Gasteiger partial charge is 0.397 e. The number of nitrogens with zero attached hydrogens (tertiary/aromatic N) is 1. The van der Waals surface area contributed by atoms with Crippen molar-refractivity contribution in [3.63, 3.8) is 0 Å². The lowest BCUT2D eigenvalue weighted by Crippen LogP contribution is -2.00. The van der Waals surface area contributed by atoms with Gasteiger partial charge in [-0.25, -0.2) is 0 Å². The normalized spacial score (nSPS) is 9.54. The quantitative estimate of drug-likeness (QED) is 0.662. The van der Waals surface area contributed by atoms with Gasteiger partial charge in [0.2, 0.25) is 0 Å². The highest BCUT2D eigenvalue weighted by molar-refractivity contribution is 5.59. The smallest absolute Gasteiger partial charge is 0.0660 e. The maximum atomic E-state index is 5.93. The summed E-state index contributed by atoms with van der Waals surface area (Å²) >= 11 is 0. The van der Waals surface area contributed by atoms with Gasteiger partial charge in [0.15, 0.2) is 0 Å². The van der Waals surface area contributed by atoms with Crippen LogP contribution in [0.4, 0.5) is 5.69 Å². The predicted molar refractivity (Wildman–Crippen MR) is 55.3 cm³/mol. The van der Waals surface area contributed by atoms with Gasteiger partial charge in [-0.05, 0) is 18.4 Å². The monoisotopic (exact) mass is 174 g/mol. The summed E-state index contributed by atoms with van der Waals surface area (Å²) in [5.41, 5.74) is 8.59. The fourth-order valence-electron chi connectivity index (χ4n) is 1.18. The minimum atomic E-state index is 0.395. The number of hydrogen-bond acceptors (Lipinski definition) is 2. The molecule has 0 unspecified atom stereocenters. The van der Waals surface area contributed by atoms with Gasteiger partial charge in [0, 0.05) is 12.4 Å². The van der Waals surface area contributed by atoms with Crippen molar-refractivity contribution < 1.29 is 0 Å². The summed E-state index contributed by atoms with van der Waals surface area (Å²) in [6.45, 7) is 5.98. The first-order chi connectivity index (χ1) is 6.16. The van der Waals surface area contributed by atoms with Crippen LogP contribution in [0.25, 0.3) is 0 Å². The maximum absolute atomic E-state index is 5.93. The third-order valence-corrected chi connectivity index (χ3v) is 1.90. The molecule has 0 saturated carbocycles. The minimum absolute atomic E-state index is 0.395. The number of pyridine rings is 1. The van der Waals surface area contributed by atoms with E-state index in [4.69, 9.17) is 5.73 Å². The summed E-state index contributed by atoms with van der Waals surface area (Å²) in [4.78, 5) is 4.10. The molecule has 13 heavy (non-hydrogen) atoms. The second-order valence-corrected chi connectivity index (χ2v) is 3.22. The zero-order chi connectivity index (χ0) is 9.84. The van der Waals surface area contributed by atoms with Crippen molar-refractivity contribution in [3.05, 3.63) is 23.5 Å². The number of nitrogens with two attached hydrogens (primary N) is 1. The Morgan fingerprint density at radius 1 is 1.38 bits per heavy atom. The molecule has 0 radical (unpaired) electrons. The number of nitrogen functional groups attached to an aromatic ring is 1. The molecule has 2 heteroatoms. The van der Waals surface area contributed by atoms with Crippen LogP contribution in [0, 0.1) is 11.8 Å². The van der Waals surface area contributed by atoms with E-state index in [2.05, 4.69) is 30.7 Å². The summed E-state index contributed by atoms with van der Waals surface area (Å²) < 4.78 is 0. The molecule has 0 aliphatic rings. The topological polar surface area (TPSA) is 38.9 Å². The van der Waals surface area contributed by atoms with E-state index < -0.39 is 0 Å². The summed E-state index contributed by atoms with van der Waals surface area (Å²) in [6, 6.07) is 0. The molecule has 0 spiro atoms. The van der Waals surface area contributed by atoms with Crippen LogP contribution >= 0.6 is 0 Å². The van der Waals surface area contributed by atoms with E-state index in [9.17, 15) is 0 Å². The first-order valence-electron chi connectivity index (χ1n) is 4.33. The average Bonchev–Trinajstić information content (AvgIpc) is 2.08. The van der Waals surface area contributed by atoms with Gasteiger partial charge in [0.05, 0.1) is 11.3 Å². The lowest BCUT2D eigenvalue weighted by Gasteiger charge is -2.09. The average molecular weight is 174 g/mol. The minimum Gasteiger partial charge on any atom is -0.397 e. The number of hydrogen-bond donors (Lipinski definition) is 1. The van der Waals surface area contributed by atoms with Crippen molar-refractivity contribution >= 4 is 5.69 Å². The van der Waals surface area contributed by atoms with Crippen LogP contribution in [0.3, 0.4) is 0 Å². The summed E-state index contributed by atoms with van der Waals surface area (Å²) in [7, 11) is 0. The lowest BCUT2D eigenvalue weighted by atomic mass is 10.0.